The number of nitrogens with one attached hydrogen (secondary N) is 1. The van der Waals surface area contributed by atoms with Crippen molar-refractivity contribution < 1.29 is 0 Å². The van der Waals surface area contributed by atoms with Gasteiger partial charge in [-0.25, -0.2) is 0 Å². The predicted octanol–water partition coefficient (Wildman–Crippen LogP) is 4.11. The summed E-state index contributed by atoms with van der Waals surface area (Å²) < 4.78 is 0. The minimum Gasteiger partial charge on any atom is -0.307 e. The van der Waals surface area contributed by atoms with Crippen LogP contribution in [0.4, 0.5) is 0 Å². The molecule has 1 heterocycles. The van der Waals surface area contributed by atoms with Crippen molar-refractivity contribution in [1.82, 2.24) is 5.32 Å². The fourth-order valence-corrected chi connectivity index (χ4v) is 2.30. The predicted molar refractivity (Wildman–Crippen MR) is 76.2 cm³/mol. The Labute approximate surface area is 107 Å². The summed E-state index contributed by atoms with van der Waals surface area (Å²) in [5.41, 5.74) is 2.61. The van der Waals surface area contributed by atoms with Crippen molar-refractivity contribution in [3.63, 3.8) is 0 Å². The molecule has 88 valence electrons. The van der Waals surface area contributed by atoms with Gasteiger partial charge in [0.15, 0.2) is 0 Å². The van der Waals surface area contributed by atoms with Crippen LogP contribution in [0, 0.1) is 0 Å². The first-order valence-corrected chi connectivity index (χ1v) is 6.77. The molecule has 1 aromatic heterocycles. The third-order valence-corrected chi connectivity index (χ3v) is 3.40. The quantitative estimate of drug-likeness (QED) is 0.833. The van der Waals surface area contributed by atoms with Gasteiger partial charge in [0.25, 0.3) is 0 Å². The zero-order chi connectivity index (χ0) is 11.9. The molecule has 0 unspecified atom stereocenters. The summed E-state index contributed by atoms with van der Waals surface area (Å²) in [6, 6.07) is 13.0. The van der Waals surface area contributed by atoms with Gasteiger partial charge in [-0.3, -0.25) is 0 Å². The standard InChI is InChI=1S/C15H17NS/c1-13(15-7-3-2-4-8-15)16-10-5-6-14-9-11-17-12-14/h2-9,11-13,16H,10H2,1H3/b6-5+/t13-/m0/s1. The lowest BCUT2D eigenvalue weighted by Gasteiger charge is -2.12. The van der Waals surface area contributed by atoms with Gasteiger partial charge in [0.2, 0.25) is 0 Å². The van der Waals surface area contributed by atoms with E-state index in [1.165, 1.54) is 11.1 Å². The highest BCUT2D eigenvalue weighted by molar-refractivity contribution is 7.08. The summed E-state index contributed by atoms with van der Waals surface area (Å²) in [6.07, 6.45) is 4.32. The monoisotopic (exact) mass is 243 g/mol. The maximum Gasteiger partial charge on any atom is 0.0294 e. The largest absolute Gasteiger partial charge is 0.307 e. The van der Waals surface area contributed by atoms with Crippen LogP contribution in [0.25, 0.3) is 6.08 Å². The van der Waals surface area contributed by atoms with Crippen molar-refractivity contribution in [2.24, 2.45) is 0 Å². The summed E-state index contributed by atoms with van der Waals surface area (Å²) >= 11 is 1.73. The van der Waals surface area contributed by atoms with E-state index in [-0.39, 0.29) is 0 Å². The molecule has 1 atom stereocenters. The highest BCUT2D eigenvalue weighted by Crippen LogP contribution is 2.11. The fraction of sp³-hybridized carbons (Fsp3) is 0.200. The van der Waals surface area contributed by atoms with Gasteiger partial charge in [-0.2, -0.15) is 11.3 Å². The van der Waals surface area contributed by atoms with Crippen molar-refractivity contribution in [1.29, 1.82) is 0 Å². The third kappa shape index (κ3) is 3.84. The molecular weight excluding hydrogens is 226 g/mol. The number of benzene rings is 1. The maximum absolute atomic E-state index is 3.48. The molecule has 1 aromatic carbocycles. The van der Waals surface area contributed by atoms with Crippen molar-refractivity contribution in [2.45, 2.75) is 13.0 Å². The molecule has 0 aliphatic carbocycles. The van der Waals surface area contributed by atoms with Gasteiger partial charge in [0.05, 0.1) is 0 Å². The molecule has 0 bridgehead atoms. The molecular formula is C15H17NS. The Kier molecular flexibility index (Phi) is 4.54. The molecule has 17 heavy (non-hydrogen) atoms. The van der Waals surface area contributed by atoms with Crippen LogP contribution in [-0.4, -0.2) is 6.54 Å². The summed E-state index contributed by atoms with van der Waals surface area (Å²) in [6.45, 7) is 3.08. The second-order valence-electron chi connectivity index (χ2n) is 4.00. The third-order valence-electron chi connectivity index (χ3n) is 2.69. The lowest BCUT2D eigenvalue weighted by Crippen LogP contribution is -2.18. The maximum atomic E-state index is 3.48. The van der Waals surface area contributed by atoms with E-state index in [1.54, 1.807) is 11.3 Å². The van der Waals surface area contributed by atoms with Gasteiger partial charge in [0, 0.05) is 12.6 Å². The average molecular weight is 243 g/mol. The van der Waals surface area contributed by atoms with Crippen LogP contribution < -0.4 is 5.32 Å². The van der Waals surface area contributed by atoms with Crippen LogP contribution >= 0.6 is 11.3 Å². The van der Waals surface area contributed by atoms with E-state index < -0.39 is 0 Å². The Hall–Kier alpha value is -1.38. The summed E-state index contributed by atoms with van der Waals surface area (Å²) in [5.74, 6) is 0. The minimum absolute atomic E-state index is 0.392. The van der Waals surface area contributed by atoms with Gasteiger partial charge in [-0.15, -0.1) is 0 Å². The lowest BCUT2D eigenvalue weighted by atomic mass is 10.1. The number of hydrogen-bond acceptors (Lipinski definition) is 2. The highest BCUT2D eigenvalue weighted by Gasteiger charge is 2.00. The SMILES string of the molecule is C[C@H](NC/C=C/c1ccsc1)c1ccccc1. The second kappa shape index (κ2) is 6.38. The Balaban J connectivity index is 1.79. The van der Waals surface area contributed by atoms with Crippen molar-refractivity contribution >= 4 is 17.4 Å². The molecule has 2 aromatic rings. The molecule has 2 heteroatoms. The first kappa shape index (κ1) is 12.1. The molecule has 0 amide bonds. The van der Waals surface area contributed by atoms with Crippen molar-refractivity contribution in [3.05, 3.63) is 64.4 Å². The van der Waals surface area contributed by atoms with Gasteiger partial charge in [-0.05, 0) is 34.9 Å². The van der Waals surface area contributed by atoms with Gasteiger partial charge in [-0.1, -0.05) is 42.5 Å². The fourth-order valence-electron chi connectivity index (χ4n) is 1.67. The zero-order valence-electron chi connectivity index (χ0n) is 9.97. The average Bonchev–Trinajstić information content (AvgIpc) is 2.88. The van der Waals surface area contributed by atoms with E-state index in [2.05, 4.69) is 65.5 Å². The summed E-state index contributed by atoms with van der Waals surface area (Å²) in [4.78, 5) is 0. The summed E-state index contributed by atoms with van der Waals surface area (Å²) in [5, 5.41) is 7.72. The van der Waals surface area contributed by atoms with Gasteiger partial charge >= 0.3 is 0 Å². The lowest BCUT2D eigenvalue weighted by molar-refractivity contribution is 0.618. The van der Waals surface area contributed by atoms with Crippen molar-refractivity contribution in [2.75, 3.05) is 6.54 Å². The zero-order valence-corrected chi connectivity index (χ0v) is 10.8. The van der Waals surface area contributed by atoms with E-state index in [4.69, 9.17) is 0 Å². The van der Waals surface area contributed by atoms with Crippen LogP contribution in [0.5, 0.6) is 0 Å². The molecule has 2 rings (SSSR count). The van der Waals surface area contributed by atoms with E-state index in [9.17, 15) is 0 Å². The highest BCUT2D eigenvalue weighted by atomic mass is 32.1. The smallest absolute Gasteiger partial charge is 0.0294 e. The van der Waals surface area contributed by atoms with E-state index in [0.29, 0.717) is 6.04 Å². The topological polar surface area (TPSA) is 12.0 Å². The number of thiophene rings is 1. The van der Waals surface area contributed by atoms with Crippen molar-refractivity contribution in [3.8, 4) is 0 Å². The van der Waals surface area contributed by atoms with E-state index in [1.807, 2.05) is 6.07 Å². The molecule has 0 fully saturated rings. The van der Waals surface area contributed by atoms with Crippen LogP contribution in [-0.2, 0) is 0 Å². The molecule has 1 nitrogen and oxygen atoms in total. The molecule has 0 saturated heterocycles. The first-order chi connectivity index (χ1) is 8.36. The normalized spacial score (nSPS) is 13.0. The minimum atomic E-state index is 0.392. The van der Waals surface area contributed by atoms with Crippen LogP contribution in [0.1, 0.15) is 24.1 Å². The van der Waals surface area contributed by atoms with Gasteiger partial charge in [0.1, 0.15) is 0 Å². The Morgan fingerprint density at radius 1 is 1.24 bits per heavy atom. The second-order valence-corrected chi connectivity index (χ2v) is 4.78. The van der Waals surface area contributed by atoms with Crippen LogP contribution in [0.3, 0.4) is 0 Å². The van der Waals surface area contributed by atoms with Gasteiger partial charge < -0.3 is 5.32 Å². The molecule has 0 radical (unpaired) electrons. The summed E-state index contributed by atoms with van der Waals surface area (Å²) in [7, 11) is 0. The van der Waals surface area contributed by atoms with E-state index in [0.717, 1.165) is 6.54 Å². The molecule has 0 aliphatic heterocycles. The molecule has 1 N–H and O–H groups in total. The van der Waals surface area contributed by atoms with Crippen LogP contribution in [0.2, 0.25) is 0 Å². The molecule has 0 spiro atoms. The van der Waals surface area contributed by atoms with Crippen LogP contribution in [0.15, 0.2) is 53.2 Å². The number of rotatable bonds is 5. The molecule has 0 aliphatic rings. The Morgan fingerprint density at radius 3 is 2.76 bits per heavy atom. The van der Waals surface area contributed by atoms with E-state index >= 15 is 0 Å². The number of hydrogen-bond donors (Lipinski definition) is 1. The molecule has 0 saturated carbocycles. The Bertz CT molecular complexity index is 445. The first-order valence-electron chi connectivity index (χ1n) is 5.83. The Morgan fingerprint density at radius 2 is 2.06 bits per heavy atom.